The van der Waals surface area contributed by atoms with Gasteiger partial charge in [-0.1, -0.05) is 12.1 Å². The SMILES string of the molecule is O=C(O)C1(C2CCOCC2)CCN(Cc2ccc3ncccc3c2)C1. The number of aliphatic carboxylic acids is 1. The Hall–Kier alpha value is -1.98. The van der Waals surface area contributed by atoms with E-state index in [1.54, 1.807) is 6.20 Å². The summed E-state index contributed by atoms with van der Waals surface area (Å²) in [6.45, 7) is 3.66. The zero-order valence-corrected chi connectivity index (χ0v) is 14.4. The molecule has 5 nitrogen and oxygen atoms in total. The Morgan fingerprint density at radius 2 is 2.16 bits per heavy atom. The van der Waals surface area contributed by atoms with E-state index in [1.807, 2.05) is 12.1 Å². The molecule has 1 atom stereocenters. The summed E-state index contributed by atoms with van der Waals surface area (Å²) in [7, 11) is 0. The number of hydrogen-bond acceptors (Lipinski definition) is 4. The topological polar surface area (TPSA) is 62.7 Å². The van der Waals surface area contributed by atoms with Gasteiger partial charge in [0.1, 0.15) is 0 Å². The lowest BCUT2D eigenvalue weighted by molar-refractivity contribution is -0.154. The van der Waals surface area contributed by atoms with E-state index in [0.717, 1.165) is 43.3 Å². The van der Waals surface area contributed by atoms with Crippen LogP contribution in [0, 0.1) is 11.3 Å². The molecule has 2 aliphatic rings. The van der Waals surface area contributed by atoms with Crippen molar-refractivity contribution in [2.75, 3.05) is 26.3 Å². The fourth-order valence-corrected chi connectivity index (χ4v) is 4.46. The minimum absolute atomic E-state index is 0.226. The molecular weight excluding hydrogens is 316 g/mol. The second kappa shape index (κ2) is 6.73. The second-order valence-electron chi connectivity index (χ2n) is 7.34. The maximum Gasteiger partial charge on any atom is 0.311 e. The molecular formula is C20H24N2O3. The molecule has 1 aromatic carbocycles. The monoisotopic (exact) mass is 340 g/mol. The van der Waals surface area contributed by atoms with E-state index in [9.17, 15) is 9.90 Å². The second-order valence-corrected chi connectivity index (χ2v) is 7.34. The lowest BCUT2D eigenvalue weighted by Gasteiger charge is -2.36. The summed E-state index contributed by atoms with van der Waals surface area (Å²) < 4.78 is 5.43. The van der Waals surface area contributed by atoms with Gasteiger partial charge in [0.05, 0.1) is 10.9 Å². The molecule has 5 heteroatoms. The average molecular weight is 340 g/mol. The van der Waals surface area contributed by atoms with Crippen molar-refractivity contribution < 1.29 is 14.6 Å². The van der Waals surface area contributed by atoms with Crippen molar-refractivity contribution in [2.24, 2.45) is 11.3 Å². The van der Waals surface area contributed by atoms with Crippen molar-refractivity contribution in [2.45, 2.75) is 25.8 Å². The molecule has 0 bridgehead atoms. The van der Waals surface area contributed by atoms with Crippen LogP contribution in [0.5, 0.6) is 0 Å². The number of likely N-dealkylation sites (tertiary alicyclic amines) is 1. The third-order valence-electron chi connectivity index (χ3n) is 5.88. The lowest BCUT2D eigenvalue weighted by Crippen LogP contribution is -2.43. The molecule has 2 fully saturated rings. The van der Waals surface area contributed by atoms with E-state index in [0.29, 0.717) is 19.8 Å². The van der Waals surface area contributed by atoms with Crippen molar-refractivity contribution in [1.29, 1.82) is 0 Å². The number of benzene rings is 1. The van der Waals surface area contributed by atoms with Gasteiger partial charge in [-0.25, -0.2) is 0 Å². The molecule has 1 unspecified atom stereocenters. The summed E-state index contributed by atoms with van der Waals surface area (Å²) in [6, 6.07) is 10.3. The Bertz CT molecular complexity index is 772. The number of pyridine rings is 1. The number of carbonyl (C=O) groups is 1. The number of rotatable bonds is 4. The molecule has 0 radical (unpaired) electrons. The number of ether oxygens (including phenoxy) is 1. The first-order valence-electron chi connectivity index (χ1n) is 9.04. The Morgan fingerprint density at radius 1 is 1.32 bits per heavy atom. The van der Waals surface area contributed by atoms with Crippen LogP contribution in [-0.2, 0) is 16.1 Å². The zero-order chi connectivity index (χ0) is 17.3. The smallest absolute Gasteiger partial charge is 0.311 e. The highest BCUT2D eigenvalue weighted by Crippen LogP contribution is 2.43. The summed E-state index contributed by atoms with van der Waals surface area (Å²) in [5.74, 6) is -0.408. The van der Waals surface area contributed by atoms with E-state index in [-0.39, 0.29) is 5.92 Å². The van der Waals surface area contributed by atoms with Gasteiger partial charge in [0.15, 0.2) is 0 Å². The largest absolute Gasteiger partial charge is 0.481 e. The highest BCUT2D eigenvalue weighted by Gasteiger charge is 2.50. The molecule has 4 rings (SSSR count). The maximum absolute atomic E-state index is 12.1. The van der Waals surface area contributed by atoms with Gasteiger partial charge in [0, 0.05) is 37.9 Å². The average Bonchev–Trinajstić information content (AvgIpc) is 3.08. The van der Waals surface area contributed by atoms with Crippen LogP contribution in [0.1, 0.15) is 24.8 Å². The van der Waals surface area contributed by atoms with Gasteiger partial charge >= 0.3 is 5.97 Å². The third-order valence-corrected chi connectivity index (χ3v) is 5.88. The van der Waals surface area contributed by atoms with E-state index in [2.05, 4.69) is 28.1 Å². The number of carboxylic acids is 1. The van der Waals surface area contributed by atoms with Crippen molar-refractivity contribution in [3.05, 3.63) is 42.1 Å². The van der Waals surface area contributed by atoms with Gasteiger partial charge < -0.3 is 9.84 Å². The first-order chi connectivity index (χ1) is 12.2. The molecule has 1 aromatic heterocycles. The van der Waals surface area contributed by atoms with E-state index < -0.39 is 11.4 Å². The van der Waals surface area contributed by atoms with Crippen molar-refractivity contribution in [3.8, 4) is 0 Å². The van der Waals surface area contributed by atoms with E-state index in [4.69, 9.17) is 4.74 Å². The number of hydrogen-bond donors (Lipinski definition) is 1. The molecule has 132 valence electrons. The van der Waals surface area contributed by atoms with Gasteiger partial charge in [-0.15, -0.1) is 0 Å². The molecule has 0 spiro atoms. The highest BCUT2D eigenvalue weighted by molar-refractivity contribution is 5.79. The number of fused-ring (bicyclic) bond motifs is 1. The number of carboxylic acid groups (broad SMARTS) is 1. The van der Waals surface area contributed by atoms with Crippen molar-refractivity contribution in [3.63, 3.8) is 0 Å². The van der Waals surface area contributed by atoms with Gasteiger partial charge in [-0.2, -0.15) is 0 Å². The van der Waals surface area contributed by atoms with E-state index in [1.165, 1.54) is 5.56 Å². The molecule has 2 aromatic rings. The van der Waals surface area contributed by atoms with Crippen molar-refractivity contribution >= 4 is 16.9 Å². The Balaban J connectivity index is 1.50. The molecule has 0 amide bonds. The summed E-state index contributed by atoms with van der Waals surface area (Å²) >= 11 is 0. The number of aromatic nitrogens is 1. The van der Waals surface area contributed by atoms with Crippen LogP contribution in [0.15, 0.2) is 36.5 Å². The Labute approximate surface area is 147 Å². The Kier molecular flexibility index (Phi) is 4.44. The molecule has 0 saturated carbocycles. The minimum atomic E-state index is -0.635. The zero-order valence-electron chi connectivity index (χ0n) is 14.4. The maximum atomic E-state index is 12.1. The molecule has 1 N–H and O–H groups in total. The normalized spacial score (nSPS) is 25.4. The lowest BCUT2D eigenvalue weighted by atomic mass is 9.71. The van der Waals surface area contributed by atoms with Crippen LogP contribution >= 0.6 is 0 Å². The van der Waals surface area contributed by atoms with Gasteiger partial charge in [-0.3, -0.25) is 14.7 Å². The van der Waals surface area contributed by atoms with Gasteiger partial charge in [-0.05, 0) is 55.5 Å². The van der Waals surface area contributed by atoms with Crippen LogP contribution in [-0.4, -0.2) is 47.3 Å². The Morgan fingerprint density at radius 3 is 2.96 bits per heavy atom. The molecule has 2 saturated heterocycles. The highest BCUT2D eigenvalue weighted by atomic mass is 16.5. The summed E-state index contributed by atoms with van der Waals surface area (Å²) in [4.78, 5) is 18.8. The quantitative estimate of drug-likeness (QED) is 0.927. The third kappa shape index (κ3) is 3.14. The first-order valence-corrected chi connectivity index (χ1v) is 9.04. The van der Waals surface area contributed by atoms with Gasteiger partial charge in [0.25, 0.3) is 0 Å². The molecule has 25 heavy (non-hydrogen) atoms. The molecule has 2 aliphatic heterocycles. The minimum Gasteiger partial charge on any atom is -0.481 e. The fraction of sp³-hybridized carbons (Fsp3) is 0.500. The first kappa shape index (κ1) is 16.5. The predicted octanol–water partition coefficient (Wildman–Crippen LogP) is 2.94. The summed E-state index contributed by atoms with van der Waals surface area (Å²) in [5, 5.41) is 11.1. The van der Waals surface area contributed by atoms with Crippen molar-refractivity contribution in [1.82, 2.24) is 9.88 Å². The molecule has 0 aliphatic carbocycles. The van der Waals surface area contributed by atoms with Crippen LogP contribution in [0.25, 0.3) is 10.9 Å². The predicted molar refractivity (Wildman–Crippen MR) is 95.2 cm³/mol. The standard InChI is InChI=1S/C20H24N2O3/c23-19(24)20(17-5-10-25-11-6-17)7-9-22(14-20)13-15-3-4-18-16(12-15)2-1-8-21-18/h1-4,8,12,17H,5-7,9-11,13-14H2,(H,23,24). The molecule has 3 heterocycles. The van der Waals surface area contributed by atoms with Crippen LogP contribution < -0.4 is 0 Å². The summed E-state index contributed by atoms with van der Waals surface area (Å²) in [5.41, 5.74) is 1.60. The van der Waals surface area contributed by atoms with Crippen LogP contribution in [0.4, 0.5) is 0 Å². The van der Waals surface area contributed by atoms with Crippen LogP contribution in [0.2, 0.25) is 0 Å². The fourth-order valence-electron chi connectivity index (χ4n) is 4.46. The van der Waals surface area contributed by atoms with Gasteiger partial charge in [0.2, 0.25) is 0 Å². The van der Waals surface area contributed by atoms with E-state index >= 15 is 0 Å². The van der Waals surface area contributed by atoms with Crippen LogP contribution in [0.3, 0.4) is 0 Å². The summed E-state index contributed by atoms with van der Waals surface area (Å²) in [6.07, 6.45) is 4.27. The number of nitrogens with zero attached hydrogens (tertiary/aromatic N) is 2.